The second-order valence-corrected chi connectivity index (χ2v) is 6.39. The minimum absolute atomic E-state index is 0.599. The molecule has 2 unspecified atom stereocenters. The van der Waals surface area contributed by atoms with E-state index < -0.39 is 0 Å². The number of halogens is 1. The van der Waals surface area contributed by atoms with Crippen molar-refractivity contribution in [2.24, 2.45) is 5.92 Å². The Bertz CT molecular complexity index is 402. The summed E-state index contributed by atoms with van der Waals surface area (Å²) in [5.41, 5.74) is 2.32. The molecule has 1 saturated carbocycles. The van der Waals surface area contributed by atoms with E-state index in [0.717, 1.165) is 16.6 Å². The minimum Gasteiger partial charge on any atom is -0.381 e. The zero-order chi connectivity index (χ0) is 13.7. The average Bonchev–Trinajstić information content (AvgIpc) is 2.59. The van der Waals surface area contributed by atoms with Gasteiger partial charge in [-0.05, 0) is 49.8 Å². The van der Waals surface area contributed by atoms with Gasteiger partial charge in [-0.15, -0.1) is 0 Å². The summed E-state index contributed by atoms with van der Waals surface area (Å²) in [6, 6.07) is 6.89. The standard InChI is InChI=1S/C17H26ClN/c1-3-5-14-6-4-7-15(10-9-14)19-17-11-8-13(2)12-16(17)18/h8,11-12,14-15,19H,3-7,9-10H2,1-2H3. The Morgan fingerprint density at radius 1 is 1.21 bits per heavy atom. The van der Waals surface area contributed by atoms with Crippen molar-refractivity contribution < 1.29 is 0 Å². The van der Waals surface area contributed by atoms with E-state index in [2.05, 4.69) is 31.3 Å². The summed E-state index contributed by atoms with van der Waals surface area (Å²) in [6.07, 6.45) is 9.43. The van der Waals surface area contributed by atoms with E-state index >= 15 is 0 Å². The number of aryl methyl sites for hydroxylation is 1. The third kappa shape index (κ3) is 4.42. The molecule has 1 aliphatic rings. The van der Waals surface area contributed by atoms with E-state index in [1.165, 1.54) is 50.5 Å². The van der Waals surface area contributed by atoms with E-state index in [0.29, 0.717) is 6.04 Å². The predicted octanol–water partition coefficient (Wildman–Crippen LogP) is 5.81. The van der Waals surface area contributed by atoms with E-state index in [1.807, 2.05) is 6.07 Å². The lowest BCUT2D eigenvalue weighted by Crippen LogP contribution is -2.18. The Balaban J connectivity index is 1.92. The molecule has 0 radical (unpaired) electrons. The summed E-state index contributed by atoms with van der Waals surface area (Å²) in [4.78, 5) is 0. The lowest BCUT2D eigenvalue weighted by atomic mass is 9.95. The number of hydrogen-bond acceptors (Lipinski definition) is 1. The lowest BCUT2D eigenvalue weighted by molar-refractivity contribution is 0.422. The quantitative estimate of drug-likeness (QED) is 0.686. The Hall–Kier alpha value is -0.690. The topological polar surface area (TPSA) is 12.0 Å². The summed E-state index contributed by atoms with van der Waals surface area (Å²) in [5, 5.41) is 4.50. The highest BCUT2D eigenvalue weighted by atomic mass is 35.5. The monoisotopic (exact) mass is 279 g/mol. The fourth-order valence-electron chi connectivity index (χ4n) is 3.18. The van der Waals surface area contributed by atoms with Crippen molar-refractivity contribution in [2.45, 2.75) is 64.8 Å². The molecule has 0 amide bonds. The van der Waals surface area contributed by atoms with Crippen LogP contribution in [0.5, 0.6) is 0 Å². The largest absolute Gasteiger partial charge is 0.381 e. The molecule has 1 aliphatic carbocycles. The maximum atomic E-state index is 6.31. The van der Waals surface area contributed by atoms with Crippen LogP contribution < -0.4 is 5.32 Å². The molecule has 1 aromatic rings. The Morgan fingerprint density at radius 2 is 2.05 bits per heavy atom. The van der Waals surface area contributed by atoms with Crippen LogP contribution in [0.25, 0.3) is 0 Å². The number of nitrogens with one attached hydrogen (secondary N) is 1. The molecule has 1 aromatic carbocycles. The van der Waals surface area contributed by atoms with Gasteiger partial charge in [0.1, 0.15) is 0 Å². The predicted molar refractivity (Wildman–Crippen MR) is 85.1 cm³/mol. The smallest absolute Gasteiger partial charge is 0.0640 e. The molecule has 0 spiro atoms. The van der Waals surface area contributed by atoms with Crippen molar-refractivity contribution in [3.63, 3.8) is 0 Å². The second-order valence-electron chi connectivity index (χ2n) is 5.99. The minimum atomic E-state index is 0.599. The van der Waals surface area contributed by atoms with Gasteiger partial charge in [-0.25, -0.2) is 0 Å². The van der Waals surface area contributed by atoms with E-state index in [-0.39, 0.29) is 0 Å². The zero-order valence-corrected chi connectivity index (χ0v) is 13.0. The van der Waals surface area contributed by atoms with Crippen LogP contribution in [-0.2, 0) is 0 Å². The van der Waals surface area contributed by atoms with Gasteiger partial charge in [-0.1, -0.05) is 50.3 Å². The highest BCUT2D eigenvalue weighted by Gasteiger charge is 2.18. The van der Waals surface area contributed by atoms with E-state index in [4.69, 9.17) is 11.6 Å². The van der Waals surface area contributed by atoms with E-state index in [9.17, 15) is 0 Å². The summed E-state index contributed by atoms with van der Waals surface area (Å²) in [5.74, 6) is 0.949. The number of rotatable bonds is 4. The van der Waals surface area contributed by atoms with Crippen LogP contribution in [0.3, 0.4) is 0 Å². The van der Waals surface area contributed by atoms with Crippen molar-refractivity contribution >= 4 is 17.3 Å². The normalized spacial score (nSPS) is 23.9. The van der Waals surface area contributed by atoms with Crippen molar-refractivity contribution in [3.05, 3.63) is 28.8 Å². The molecule has 2 rings (SSSR count). The molecule has 1 nitrogen and oxygen atoms in total. The van der Waals surface area contributed by atoms with Crippen LogP contribution in [0.1, 0.15) is 57.4 Å². The SMILES string of the molecule is CCCC1CCCC(Nc2ccc(C)cc2Cl)CC1. The van der Waals surface area contributed by atoms with Gasteiger partial charge in [0.25, 0.3) is 0 Å². The van der Waals surface area contributed by atoms with Gasteiger partial charge in [0.15, 0.2) is 0 Å². The van der Waals surface area contributed by atoms with Crippen molar-refractivity contribution in [1.29, 1.82) is 0 Å². The molecule has 0 aromatic heterocycles. The molecular formula is C17H26ClN. The first-order valence-corrected chi connectivity index (χ1v) is 8.09. The summed E-state index contributed by atoms with van der Waals surface area (Å²) >= 11 is 6.31. The maximum absolute atomic E-state index is 6.31. The summed E-state index contributed by atoms with van der Waals surface area (Å²) < 4.78 is 0. The Morgan fingerprint density at radius 3 is 2.79 bits per heavy atom. The van der Waals surface area contributed by atoms with Gasteiger partial charge in [0.2, 0.25) is 0 Å². The third-order valence-electron chi connectivity index (χ3n) is 4.27. The molecule has 2 heteroatoms. The fourth-order valence-corrected chi connectivity index (χ4v) is 3.47. The van der Waals surface area contributed by atoms with E-state index in [1.54, 1.807) is 0 Å². The molecule has 1 N–H and O–H groups in total. The van der Waals surface area contributed by atoms with Gasteiger partial charge in [0.05, 0.1) is 10.7 Å². The summed E-state index contributed by atoms with van der Waals surface area (Å²) in [7, 11) is 0. The van der Waals surface area contributed by atoms with Crippen LogP contribution in [0.4, 0.5) is 5.69 Å². The lowest BCUT2D eigenvalue weighted by Gasteiger charge is -2.19. The van der Waals surface area contributed by atoms with Gasteiger partial charge in [-0.3, -0.25) is 0 Å². The molecule has 1 fully saturated rings. The van der Waals surface area contributed by atoms with Crippen molar-refractivity contribution in [3.8, 4) is 0 Å². The summed E-state index contributed by atoms with van der Waals surface area (Å²) in [6.45, 7) is 4.38. The number of anilines is 1. The maximum Gasteiger partial charge on any atom is 0.0640 e. The first-order valence-electron chi connectivity index (χ1n) is 7.71. The molecular weight excluding hydrogens is 254 g/mol. The van der Waals surface area contributed by atoms with Gasteiger partial charge in [0, 0.05) is 6.04 Å². The highest BCUT2D eigenvalue weighted by molar-refractivity contribution is 6.33. The molecule has 106 valence electrons. The molecule has 0 aliphatic heterocycles. The number of hydrogen-bond donors (Lipinski definition) is 1. The van der Waals surface area contributed by atoms with Crippen LogP contribution in [0, 0.1) is 12.8 Å². The molecule has 0 saturated heterocycles. The second kappa shape index (κ2) is 7.19. The van der Waals surface area contributed by atoms with Gasteiger partial charge < -0.3 is 5.32 Å². The third-order valence-corrected chi connectivity index (χ3v) is 4.58. The fraction of sp³-hybridized carbons (Fsp3) is 0.647. The average molecular weight is 280 g/mol. The molecule has 19 heavy (non-hydrogen) atoms. The van der Waals surface area contributed by atoms with Crippen molar-refractivity contribution in [1.82, 2.24) is 0 Å². The highest BCUT2D eigenvalue weighted by Crippen LogP contribution is 2.30. The Kier molecular flexibility index (Phi) is 5.57. The number of benzene rings is 1. The van der Waals surface area contributed by atoms with Crippen LogP contribution in [0.2, 0.25) is 5.02 Å². The van der Waals surface area contributed by atoms with Gasteiger partial charge >= 0.3 is 0 Å². The molecule has 0 heterocycles. The van der Waals surface area contributed by atoms with Crippen molar-refractivity contribution in [2.75, 3.05) is 5.32 Å². The zero-order valence-electron chi connectivity index (χ0n) is 12.2. The molecule has 2 atom stereocenters. The van der Waals surface area contributed by atoms with Gasteiger partial charge in [-0.2, -0.15) is 0 Å². The van der Waals surface area contributed by atoms with Crippen LogP contribution >= 0.6 is 11.6 Å². The first kappa shape index (κ1) is 14.7. The molecule has 0 bridgehead atoms. The Labute approximate surface area is 122 Å². The van der Waals surface area contributed by atoms with Crippen LogP contribution in [0.15, 0.2) is 18.2 Å². The first-order chi connectivity index (χ1) is 9.19. The van der Waals surface area contributed by atoms with Crippen LogP contribution in [-0.4, -0.2) is 6.04 Å².